The van der Waals surface area contributed by atoms with Gasteiger partial charge in [0, 0.05) is 11.4 Å². The minimum atomic E-state index is -0.404. The highest BCUT2D eigenvalue weighted by molar-refractivity contribution is 8.00. The van der Waals surface area contributed by atoms with Crippen LogP contribution in [-0.4, -0.2) is 33.0 Å². The van der Waals surface area contributed by atoms with E-state index in [1.54, 1.807) is 18.4 Å². The van der Waals surface area contributed by atoms with Crippen molar-refractivity contribution >= 4 is 34.0 Å². The van der Waals surface area contributed by atoms with E-state index in [9.17, 15) is 10.1 Å². The standard InChI is InChI=1S/C24H27N5O2S2/c1-4-29-21(17-11-8-9-12-19(17)31-3)27-28-24(29)32-15(2)22(30)26-23-18(14-25)16-10-6-5-7-13-20(16)33-23/h8-9,11-12,15H,4-7,10,13H2,1-3H3,(H,26,30)/t15-/m0/s1. The molecule has 0 saturated carbocycles. The van der Waals surface area contributed by atoms with Crippen LogP contribution >= 0.6 is 23.1 Å². The zero-order valence-electron chi connectivity index (χ0n) is 19.1. The largest absolute Gasteiger partial charge is 0.496 e. The first-order valence-corrected chi connectivity index (χ1v) is 12.9. The van der Waals surface area contributed by atoms with Gasteiger partial charge in [-0.05, 0) is 57.2 Å². The van der Waals surface area contributed by atoms with Gasteiger partial charge in [-0.25, -0.2) is 0 Å². The minimum absolute atomic E-state index is 0.141. The molecule has 2 aromatic heterocycles. The Balaban J connectivity index is 1.53. The van der Waals surface area contributed by atoms with Crippen molar-refractivity contribution in [3.63, 3.8) is 0 Å². The summed E-state index contributed by atoms with van der Waals surface area (Å²) in [6, 6.07) is 10.0. The fourth-order valence-corrected chi connectivity index (χ4v) is 6.22. The lowest BCUT2D eigenvalue weighted by molar-refractivity contribution is -0.115. The van der Waals surface area contributed by atoms with Crippen molar-refractivity contribution in [2.45, 2.75) is 62.9 Å². The number of para-hydroxylation sites is 1. The van der Waals surface area contributed by atoms with Gasteiger partial charge in [-0.1, -0.05) is 30.3 Å². The maximum atomic E-state index is 13.0. The molecule has 7 nitrogen and oxygen atoms in total. The molecule has 1 aliphatic carbocycles. The smallest absolute Gasteiger partial charge is 0.238 e. The number of aromatic nitrogens is 3. The van der Waals surface area contributed by atoms with E-state index in [2.05, 4.69) is 21.6 Å². The van der Waals surface area contributed by atoms with Crippen LogP contribution in [0, 0.1) is 11.3 Å². The van der Waals surface area contributed by atoms with Crippen LogP contribution in [0.5, 0.6) is 5.75 Å². The fourth-order valence-electron chi connectivity index (χ4n) is 4.06. The lowest BCUT2D eigenvalue weighted by Crippen LogP contribution is -2.23. The quantitative estimate of drug-likeness (QED) is 0.364. The number of nitriles is 1. The van der Waals surface area contributed by atoms with Crippen molar-refractivity contribution in [1.29, 1.82) is 5.26 Å². The number of rotatable bonds is 7. The lowest BCUT2D eigenvalue weighted by atomic mass is 10.1. The first-order chi connectivity index (χ1) is 16.1. The molecule has 0 fully saturated rings. The number of fused-ring (bicyclic) bond motifs is 1. The minimum Gasteiger partial charge on any atom is -0.496 e. The van der Waals surface area contributed by atoms with Crippen LogP contribution in [0.3, 0.4) is 0 Å². The van der Waals surface area contributed by atoms with Crippen molar-refractivity contribution in [3.05, 3.63) is 40.3 Å². The monoisotopic (exact) mass is 481 g/mol. The summed E-state index contributed by atoms with van der Waals surface area (Å²) in [4.78, 5) is 14.3. The number of thioether (sulfide) groups is 1. The molecule has 1 atom stereocenters. The van der Waals surface area contributed by atoms with Crippen molar-refractivity contribution in [2.24, 2.45) is 0 Å². The summed E-state index contributed by atoms with van der Waals surface area (Å²) in [5.41, 5.74) is 2.62. The van der Waals surface area contributed by atoms with Crippen molar-refractivity contribution in [1.82, 2.24) is 14.8 Å². The van der Waals surface area contributed by atoms with Gasteiger partial charge in [-0.2, -0.15) is 5.26 Å². The molecular weight excluding hydrogens is 454 g/mol. The van der Waals surface area contributed by atoms with Gasteiger partial charge in [0.25, 0.3) is 0 Å². The van der Waals surface area contributed by atoms with Gasteiger partial charge in [-0.3, -0.25) is 4.79 Å². The number of ether oxygens (including phenoxy) is 1. The molecule has 1 aromatic carbocycles. The average Bonchev–Trinajstić information content (AvgIpc) is 3.30. The molecule has 4 rings (SSSR count). The van der Waals surface area contributed by atoms with Crippen LogP contribution in [-0.2, 0) is 24.2 Å². The zero-order chi connectivity index (χ0) is 23.4. The maximum absolute atomic E-state index is 13.0. The number of thiophene rings is 1. The molecule has 9 heteroatoms. The summed E-state index contributed by atoms with van der Waals surface area (Å²) < 4.78 is 7.47. The fraction of sp³-hybridized carbons (Fsp3) is 0.417. The van der Waals surface area contributed by atoms with Crippen LogP contribution in [0.2, 0.25) is 0 Å². The van der Waals surface area contributed by atoms with E-state index >= 15 is 0 Å². The average molecular weight is 482 g/mol. The van der Waals surface area contributed by atoms with E-state index in [0.717, 1.165) is 42.6 Å². The first kappa shape index (κ1) is 23.3. The van der Waals surface area contributed by atoms with Crippen molar-refractivity contribution in [3.8, 4) is 23.2 Å². The Bertz CT molecular complexity index is 1190. The zero-order valence-corrected chi connectivity index (χ0v) is 20.7. The Morgan fingerprint density at radius 1 is 1.30 bits per heavy atom. The van der Waals surface area contributed by atoms with Gasteiger partial charge in [0.15, 0.2) is 11.0 Å². The third-order valence-electron chi connectivity index (χ3n) is 5.80. The third-order valence-corrected chi connectivity index (χ3v) is 8.09. The van der Waals surface area contributed by atoms with E-state index in [4.69, 9.17) is 4.74 Å². The Morgan fingerprint density at radius 3 is 2.85 bits per heavy atom. The summed E-state index contributed by atoms with van der Waals surface area (Å²) in [5.74, 6) is 1.29. The van der Waals surface area contributed by atoms with E-state index in [-0.39, 0.29) is 5.91 Å². The molecule has 2 heterocycles. The summed E-state index contributed by atoms with van der Waals surface area (Å²) in [7, 11) is 1.63. The first-order valence-electron chi connectivity index (χ1n) is 11.2. The van der Waals surface area contributed by atoms with Crippen LogP contribution in [0.1, 0.15) is 49.1 Å². The van der Waals surface area contributed by atoms with Gasteiger partial charge in [0.2, 0.25) is 5.91 Å². The molecule has 1 aliphatic rings. The van der Waals surface area contributed by atoms with E-state index in [1.165, 1.54) is 23.1 Å². The molecule has 3 aromatic rings. The second-order valence-corrected chi connectivity index (χ2v) is 10.3. The van der Waals surface area contributed by atoms with E-state index < -0.39 is 5.25 Å². The molecule has 0 saturated heterocycles. The molecule has 0 radical (unpaired) electrons. The van der Waals surface area contributed by atoms with Gasteiger partial charge in [-0.15, -0.1) is 21.5 Å². The number of nitrogens with zero attached hydrogens (tertiary/aromatic N) is 4. The summed E-state index contributed by atoms with van der Waals surface area (Å²) >= 11 is 2.92. The molecule has 0 unspecified atom stereocenters. The van der Waals surface area contributed by atoms with Gasteiger partial charge < -0.3 is 14.6 Å². The predicted octanol–water partition coefficient (Wildman–Crippen LogP) is 5.29. The van der Waals surface area contributed by atoms with Crippen LogP contribution < -0.4 is 10.1 Å². The number of carbonyl (C=O) groups excluding carboxylic acids is 1. The second-order valence-electron chi connectivity index (χ2n) is 7.88. The van der Waals surface area contributed by atoms with Crippen LogP contribution in [0.4, 0.5) is 5.00 Å². The third kappa shape index (κ3) is 4.77. The number of hydrogen-bond donors (Lipinski definition) is 1. The Kier molecular flexibility index (Phi) is 7.36. The predicted molar refractivity (Wildman–Crippen MR) is 132 cm³/mol. The maximum Gasteiger partial charge on any atom is 0.238 e. The molecule has 0 aliphatic heterocycles. The highest BCUT2D eigenvalue weighted by Crippen LogP contribution is 2.38. The number of anilines is 1. The van der Waals surface area contributed by atoms with E-state index in [0.29, 0.717) is 28.1 Å². The Labute approximate surface area is 202 Å². The Hall–Kier alpha value is -2.83. The van der Waals surface area contributed by atoms with Crippen LogP contribution in [0.15, 0.2) is 29.4 Å². The number of aryl methyl sites for hydroxylation is 1. The SMILES string of the molecule is CCn1c(S[C@@H](C)C(=O)Nc2sc3c(c2C#N)CCCCC3)nnc1-c1ccccc1OC. The van der Waals surface area contributed by atoms with E-state index in [1.807, 2.05) is 42.7 Å². The molecule has 33 heavy (non-hydrogen) atoms. The van der Waals surface area contributed by atoms with Gasteiger partial charge >= 0.3 is 0 Å². The van der Waals surface area contributed by atoms with Gasteiger partial charge in [0.05, 0.1) is 23.5 Å². The molecule has 1 amide bonds. The number of carbonyl (C=O) groups is 1. The normalized spacial score (nSPS) is 14.1. The molecule has 0 bridgehead atoms. The molecular formula is C24H27N5O2S2. The second kappa shape index (κ2) is 10.4. The number of methoxy groups -OCH3 is 1. The number of nitrogens with one attached hydrogen (secondary N) is 1. The van der Waals surface area contributed by atoms with Crippen molar-refractivity contribution < 1.29 is 9.53 Å². The van der Waals surface area contributed by atoms with Gasteiger partial charge in [0.1, 0.15) is 16.8 Å². The lowest BCUT2D eigenvalue weighted by Gasteiger charge is -2.13. The van der Waals surface area contributed by atoms with Crippen molar-refractivity contribution in [2.75, 3.05) is 12.4 Å². The highest BCUT2D eigenvalue weighted by Gasteiger charge is 2.25. The molecule has 172 valence electrons. The molecule has 0 spiro atoms. The Morgan fingerprint density at radius 2 is 2.09 bits per heavy atom. The molecule has 1 N–H and O–H groups in total. The van der Waals surface area contributed by atoms with Crippen LogP contribution in [0.25, 0.3) is 11.4 Å². The number of benzene rings is 1. The topological polar surface area (TPSA) is 92.8 Å². The number of amides is 1. The summed E-state index contributed by atoms with van der Waals surface area (Å²) in [6.45, 7) is 4.53. The highest BCUT2D eigenvalue weighted by atomic mass is 32.2. The number of hydrogen-bond acceptors (Lipinski definition) is 7. The summed E-state index contributed by atoms with van der Waals surface area (Å²) in [5, 5.41) is 22.4. The summed E-state index contributed by atoms with van der Waals surface area (Å²) in [6.07, 6.45) is 5.33.